The Labute approximate surface area is 204 Å². The van der Waals surface area contributed by atoms with Crippen LogP contribution >= 0.6 is 0 Å². The summed E-state index contributed by atoms with van der Waals surface area (Å²) >= 11 is 0. The molecule has 3 aromatic rings. The van der Waals surface area contributed by atoms with Gasteiger partial charge in [0.05, 0.1) is 25.2 Å². The molecule has 178 valence electrons. The SMILES string of the molecule is CCCCOc1cccc(C(=O)Oc2ccc3c(c2)OC(N)=C(C#N)C3c2cccc(OC)c2)c1. The molecule has 7 heteroatoms. The first-order chi connectivity index (χ1) is 17.0. The number of fused-ring (bicyclic) bond motifs is 1. The average molecular weight is 471 g/mol. The lowest BCUT2D eigenvalue weighted by molar-refractivity contribution is 0.0734. The zero-order chi connectivity index (χ0) is 24.8. The second-order valence-electron chi connectivity index (χ2n) is 8.02. The van der Waals surface area contributed by atoms with Gasteiger partial charge in [0, 0.05) is 11.6 Å². The Kier molecular flexibility index (Phi) is 7.22. The third-order valence-corrected chi connectivity index (χ3v) is 5.66. The van der Waals surface area contributed by atoms with E-state index in [-0.39, 0.29) is 5.88 Å². The van der Waals surface area contributed by atoms with Crippen LogP contribution in [-0.4, -0.2) is 19.7 Å². The summed E-state index contributed by atoms with van der Waals surface area (Å²) < 4.78 is 22.4. The van der Waals surface area contributed by atoms with Crippen molar-refractivity contribution < 1.29 is 23.7 Å². The minimum absolute atomic E-state index is 0.00762. The molecule has 0 amide bonds. The van der Waals surface area contributed by atoms with Gasteiger partial charge in [-0.25, -0.2) is 4.79 Å². The molecule has 0 aromatic heterocycles. The number of hydrogen-bond acceptors (Lipinski definition) is 7. The van der Waals surface area contributed by atoms with Crippen LogP contribution in [0.5, 0.6) is 23.0 Å². The van der Waals surface area contributed by atoms with Gasteiger partial charge in [-0.15, -0.1) is 0 Å². The van der Waals surface area contributed by atoms with Gasteiger partial charge < -0.3 is 24.7 Å². The highest BCUT2D eigenvalue weighted by molar-refractivity contribution is 5.91. The summed E-state index contributed by atoms with van der Waals surface area (Å²) in [6.45, 7) is 2.67. The number of unbranched alkanes of at least 4 members (excludes halogenated alkanes) is 1. The van der Waals surface area contributed by atoms with Gasteiger partial charge in [-0.05, 0) is 48.4 Å². The third kappa shape index (κ3) is 5.22. The largest absolute Gasteiger partial charge is 0.497 e. The Morgan fingerprint density at radius 3 is 2.63 bits per heavy atom. The molecule has 4 rings (SSSR count). The van der Waals surface area contributed by atoms with Crippen LogP contribution in [0, 0.1) is 11.3 Å². The lowest BCUT2D eigenvalue weighted by Crippen LogP contribution is -2.21. The predicted octanol–water partition coefficient (Wildman–Crippen LogP) is 5.31. The summed E-state index contributed by atoms with van der Waals surface area (Å²) in [4.78, 5) is 12.8. The summed E-state index contributed by atoms with van der Waals surface area (Å²) in [6.07, 6.45) is 1.96. The van der Waals surface area contributed by atoms with Crippen molar-refractivity contribution in [3.05, 3.63) is 94.9 Å². The van der Waals surface area contributed by atoms with Crippen molar-refractivity contribution in [3.8, 4) is 29.1 Å². The number of carbonyl (C=O) groups is 1. The molecule has 0 radical (unpaired) electrons. The van der Waals surface area contributed by atoms with E-state index in [0.29, 0.717) is 40.7 Å². The Bertz CT molecular complexity index is 1310. The molecule has 0 saturated heterocycles. The highest BCUT2D eigenvalue weighted by atomic mass is 16.5. The van der Waals surface area contributed by atoms with Crippen molar-refractivity contribution in [2.45, 2.75) is 25.7 Å². The number of ether oxygens (including phenoxy) is 4. The minimum Gasteiger partial charge on any atom is -0.497 e. The molecular weight excluding hydrogens is 444 g/mol. The van der Waals surface area contributed by atoms with Crippen LogP contribution in [-0.2, 0) is 0 Å². The molecule has 0 fully saturated rings. The molecular formula is C28H26N2O5. The van der Waals surface area contributed by atoms with Crippen molar-refractivity contribution in [2.24, 2.45) is 5.73 Å². The molecule has 35 heavy (non-hydrogen) atoms. The summed E-state index contributed by atoms with van der Waals surface area (Å²) in [5.41, 5.74) is 8.33. The maximum Gasteiger partial charge on any atom is 0.343 e. The van der Waals surface area contributed by atoms with Crippen molar-refractivity contribution in [1.82, 2.24) is 0 Å². The molecule has 0 bridgehead atoms. The van der Waals surface area contributed by atoms with Crippen molar-refractivity contribution in [1.29, 1.82) is 5.26 Å². The van der Waals surface area contributed by atoms with Gasteiger partial charge in [-0.2, -0.15) is 5.26 Å². The average Bonchev–Trinajstić information content (AvgIpc) is 2.88. The van der Waals surface area contributed by atoms with E-state index in [4.69, 9.17) is 24.7 Å². The van der Waals surface area contributed by atoms with Gasteiger partial charge >= 0.3 is 5.97 Å². The van der Waals surface area contributed by atoms with E-state index in [9.17, 15) is 10.1 Å². The normalized spacial score (nSPS) is 14.4. The highest BCUT2D eigenvalue weighted by Gasteiger charge is 2.31. The van der Waals surface area contributed by atoms with Gasteiger partial charge in [0.15, 0.2) is 0 Å². The topological polar surface area (TPSA) is 104 Å². The molecule has 0 spiro atoms. The van der Waals surface area contributed by atoms with Crippen molar-refractivity contribution in [2.75, 3.05) is 13.7 Å². The summed E-state index contributed by atoms with van der Waals surface area (Å²) in [5.74, 6) is 1.03. The van der Waals surface area contributed by atoms with E-state index in [1.54, 1.807) is 49.6 Å². The predicted molar refractivity (Wildman–Crippen MR) is 131 cm³/mol. The molecule has 3 aromatic carbocycles. The van der Waals surface area contributed by atoms with Crippen molar-refractivity contribution >= 4 is 5.97 Å². The summed E-state index contributed by atoms with van der Waals surface area (Å²) in [6, 6.07) is 21.5. The van der Waals surface area contributed by atoms with Crippen LogP contribution in [0.25, 0.3) is 0 Å². The number of nitrogens with two attached hydrogens (primary N) is 1. The molecule has 1 unspecified atom stereocenters. The number of methoxy groups -OCH3 is 1. The Morgan fingerprint density at radius 2 is 1.86 bits per heavy atom. The molecule has 1 aliphatic rings. The number of benzene rings is 3. The summed E-state index contributed by atoms with van der Waals surface area (Å²) in [5, 5.41) is 9.76. The van der Waals surface area contributed by atoms with Gasteiger partial charge in [-0.3, -0.25) is 0 Å². The zero-order valence-electron chi connectivity index (χ0n) is 19.6. The maximum atomic E-state index is 12.8. The highest BCUT2D eigenvalue weighted by Crippen LogP contribution is 2.44. The summed E-state index contributed by atoms with van der Waals surface area (Å²) in [7, 11) is 1.58. The zero-order valence-corrected chi connectivity index (χ0v) is 19.6. The fourth-order valence-corrected chi connectivity index (χ4v) is 3.88. The number of allylic oxidation sites excluding steroid dienone is 1. The first kappa shape index (κ1) is 23.7. The molecule has 1 aliphatic heterocycles. The van der Waals surface area contributed by atoms with Gasteiger partial charge in [0.25, 0.3) is 0 Å². The van der Waals surface area contributed by atoms with Crippen LogP contribution in [0.3, 0.4) is 0 Å². The van der Waals surface area contributed by atoms with Gasteiger partial charge in [0.1, 0.15) is 34.6 Å². The fourth-order valence-electron chi connectivity index (χ4n) is 3.88. The Hall–Kier alpha value is -4.44. The molecule has 0 saturated carbocycles. The van der Waals surface area contributed by atoms with Crippen LogP contribution < -0.4 is 24.7 Å². The monoisotopic (exact) mass is 470 g/mol. The van der Waals surface area contributed by atoms with E-state index in [1.807, 2.05) is 24.3 Å². The van der Waals surface area contributed by atoms with Gasteiger partial charge in [-0.1, -0.05) is 37.6 Å². The van der Waals surface area contributed by atoms with Crippen molar-refractivity contribution in [3.63, 3.8) is 0 Å². The molecule has 0 aliphatic carbocycles. The number of hydrogen-bond donors (Lipinski definition) is 1. The smallest absolute Gasteiger partial charge is 0.343 e. The fraction of sp³-hybridized carbons (Fsp3) is 0.214. The Balaban J connectivity index is 1.60. The van der Waals surface area contributed by atoms with E-state index >= 15 is 0 Å². The second kappa shape index (κ2) is 10.7. The minimum atomic E-state index is -0.521. The van der Waals surface area contributed by atoms with E-state index < -0.39 is 11.9 Å². The molecule has 1 atom stereocenters. The number of esters is 1. The Morgan fingerprint density at radius 1 is 1.06 bits per heavy atom. The molecule has 7 nitrogen and oxygen atoms in total. The molecule has 2 N–H and O–H groups in total. The third-order valence-electron chi connectivity index (χ3n) is 5.66. The van der Waals surface area contributed by atoms with Gasteiger partial charge in [0.2, 0.25) is 5.88 Å². The van der Waals surface area contributed by atoms with Crippen LogP contribution in [0.1, 0.15) is 47.2 Å². The standard InChI is InChI=1S/C28H26N2O5/c1-3-4-13-33-21-10-6-8-19(15-21)28(31)34-22-11-12-23-25(16-22)35-27(30)24(17-29)26(23)18-7-5-9-20(14-18)32-2/h5-12,14-16,26H,3-4,13,30H2,1-2H3. The number of carbonyl (C=O) groups excluding carboxylic acids is 1. The van der Waals surface area contributed by atoms with E-state index in [1.165, 1.54) is 0 Å². The first-order valence-electron chi connectivity index (χ1n) is 11.3. The number of nitriles is 1. The first-order valence-corrected chi connectivity index (χ1v) is 11.3. The van der Waals surface area contributed by atoms with E-state index in [0.717, 1.165) is 24.0 Å². The van der Waals surface area contributed by atoms with Crippen LogP contribution in [0.4, 0.5) is 0 Å². The van der Waals surface area contributed by atoms with E-state index in [2.05, 4.69) is 13.0 Å². The van der Waals surface area contributed by atoms with Crippen LogP contribution in [0.2, 0.25) is 0 Å². The number of nitrogens with zero attached hydrogens (tertiary/aromatic N) is 1. The lowest BCUT2D eigenvalue weighted by atomic mass is 9.83. The lowest BCUT2D eigenvalue weighted by Gasteiger charge is -2.27. The maximum absolute atomic E-state index is 12.8. The van der Waals surface area contributed by atoms with Crippen LogP contribution in [0.15, 0.2) is 78.2 Å². The number of rotatable bonds is 8. The molecule has 1 heterocycles. The second-order valence-corrected chi connectivity index (χ2v) is 8.02. The quantitative estimate of drug-likeness (QED) is 0.270.